The minimum absolute atomic E-state index is 0.0112. The van der Waals surface area contributed by atoms with Crippen molar-refractivity contribution in [3.63, 3.8) is 0 Å². The van der Waals surface area contributed by atoms with E-state index in [1.807, 2.05) is 6.92 Å². The molecule has 4 aromatic carbocycles. The van der Waals surface area contributed by atoms with E-state index in [4.69, 9.17) is 16.3 Å². The summed E-state index contributed by atoms with van der Waals surface area (Å²) in [6.07, 6.45) is 0. The Morgan fingerprint density at radius 1 is 1.03 bits per heavy atom. The molecule has 0 bridgehead atoms. The summed E-state index contributed by atoms with van der Waals surface area (Å²) >= 11 is 6.20. The lowest BCUT2D eigenvalue weighted by atomic mass is 10.0. The number of ether oxygens (including phenoxy) is 1. The monoisotopic (exact) mass is 539 g/mol. The van der Waals surface area contributed by atoms with Crippen LogP contribution in [0.5, 0.6) is 11.5 Å². The molecular formula is C26H22ClN3O6S. The standard InChI is InChI=1S/C26H22ClN3O6S/c1-3-36-18-9-6-8-17(14-18)28-26(32)20-13-16-7-4-5-10-19(16)24(25(20)31)30-29-23-15(2)11-12-21(22(23)27)37(33,34)35/h4-14,31H,3H2,1-2H3,(H,28,32)(H,33,34,35). The summed E-state index contributed by atoms with van der Waals surface area (Å²) in [4.78, 5) is 12.6. The zero-order valence-corrected chi connectivity index (χ0v) is 21.3. The fraction of sp³-hybridized carbons (Fsp3) is 0.115. The van der Waals surface area contributed by atoms with Gasteiger partial charge in [-0.25, -0.2) is 0 Å². The molecule has 0 spiro atoms. The SMILES string of the molecule is CCOc1cccc(NC(=O)c2cc3ccccc3c(N=Nc3c(C)ccc(S(=O)(=O)O)c3Cl)c2O)c1. The van der Waals surface area contributed by atoms with Gasteiger partial charge in [-0.15, -0.1) is 10.2 Å². The number of carbonyl (C=O) groups is 1. The molecule has 0 aliphatic rings. The molecule has 4 rings (SSSR count). The number of azo groups is 1. The molecule has 0 aliphatic carbocycles. The molecule has 3 N–H and O–H groups in total. The lowest BCUT2D eigenvalue weighted by Crippen LogP contribution is -2.12. The van der Waals surface area contributed by atoms with Gasteiger partial charge in [0.05, 0.1) is 17.2 Å². The van der Waals surface area contributed by atoms with E-state index in [9.17, 15) is 22.9 Å². The number of carbonyl (C=O) groups excluding carboxylic acids is 1. The number of nitrogens with zero attached hydrogens (tertiary/aromatic N) is 2. The fourth-order valence-corrected chi connectivity index (χ4v) is 4.79. The minimum atomic E-state index is -4.60. The lowest BCUT2D eigenvalue weighted by molar-refractivity contribution is 0.102. The number of halogens is 1. The van der Waals surface area contributed by atoms with Crippen molar-refractivity contribution < 1.29 is 27.6 Å². The topological polar surface area (TPSA) is 138 Å². The van der Waals surface area contributed by atoms with Gasteiger partial charge in [0.15, 0.2) is 5.75 Å². The quantitative estimate of drug-likeness (QED) is 0.174. The van der Waals surface area contributed by atoms with Crippen LogP contribution in [-0.2, 0) is 10.1 Å². The van der Waals surface area contributed by atoms with Gasteiger partial charge in [-0.1, -0.05) is 48.0 Å². The third-order valence-corrected chi connectivity index (χ3v) is 6.84. The van der Waals surface area contributed by atoms with E-state index in [1.165, 1.54) is 12.1 Å². The Morgan fingerprint density at radius 2 is 1.76 bits per heavy atom. The van der Waals surface area contributed by atoms with Crippen LogP contribution in [-0.4, -0.2) is 30.6 Å². The highest BCUT2D eigenvalue weighted by Crippen LogP contribution is 2.41. The van der Waals surface area contributed by atoms with Gasteiger partial charge in [-0.2, -0.15) is 8.42 Å². The second kappa shape index (κ2) is 10.6. The van der Waals surface area contributed by atoms with Crippen molar-refractivity contribution in [2.24, 2.45) is 10.2 Å². The largest absolute Gasteiger partial charge is 0.505 e. The van der Waals surface area contributed by atoms with Gasteiger partial charge >= 0.3 is 0 Å². The summed E-state index contributed by atoms with van der Waals surface area (Å²) in [5, 5.41) is 22.8. The number of aryl methyl sites for hydroxylation is 1. The zero-order valence-electron chi connectivity index (χ0n) is 19.8. The van der Waals surface area contributed by atoms with Crippen molar-refractivity contribution in [1.82, 2.24) is 0 Å². The van der Waals surface area contributed by atoms with Crippen LogP contribution in [0.1, 0.15) is 22.8 Å². The number of anilines is 1. The van der Waals surface area contributed by atoms with E-state index in [1.54, 1.807) is 55.5 Å². The van der Waals surface area contributed by atoms with Gasteiger partial charge in [-0.3, -0.25) is 9.35 Å². The van der Waals surface area contributed by atoms with E-state index in [0.29, 0.717) is 34.4 Å². The van der Waals surface area contributed by atoms with Crippen molar-refractivity contribution in [1.29, 1.82) is 0 Å². The number of rotatable bonds is 7. The molecule has 4 aromatic rings. The molecule has 0 saturated heterocycles. The summed E-state index contributed by atoms with van der Waals surface area (Å²) in [5.74, 6) is -0.437. The number of phenols is 1. The van der Waals surface area contributed by atoms with Crippen LogP contribution >= 0.6 is 11.6 Å². The molecule has 190 valence electrons. The molecule has 0 fully saturated rings. The van der Waals surface area contributed by atoms with E-state index < -0.39 is 26.7 Å². The van der Waals surface area contributed by atoms with Crippen molar-refractivity contribution in [2.45, 2.75) is 18.7 Å². The number of fused-ring (bicyclic) bond motifs is 1. The number of benzene rings is 4. The van der Waals surface area contributed by atoms with E-state index in [-0.39, 0.29) is 22.0 Å². The number of aromatic hydroxyl groups is 1. The summed E-state index contributed by atoms with van der Waals surface area (Å²) in [7, 11) is -4.60. The second-order valence-electron chi connectivity index (χ2n) is 7.98. The Bertz CT molecular complexity index is 1650. The predicted octanol–water partition coefficient (Wildman–Crippen LogP) is 6.82. The summed E-state index contributed by atoms with van der Waals surface area (Å²) in [5.41, 5.74) is 0.870. The van der Waals surface area contributed by atoms with Gasteiger partial charge in [0.2, 0.25) is 0 Å². The Morgan fingerprint density at radius 3 is 2.49 bits per heavy atom. The van der Waals surface area contributed by atoms with Crippen LogP contribution in [0.15, 0.2) is 81.9 Å². The predicted molar refractivity (Wildman–Crippen MR) is 141 cm³/mol. The van der Waals surface area contributed by atoms with Gasteiger partial charge in [0.25, 0.3) is 16.0 Å². The maximum absolute atomic E-state index is 13.1. The van der Waals surface area contributed by atoms with Crippen LogP contribution in [0.2, 0.25) is 5.02 Å². The van der Waals surface area contributed by atoms with Crippen LogP contribution in [0.4, 0.5) is 17.1 Å². The van der Waals surface area contributed by atoms with Gasteiger partial charge in [-0.05, 0) is 49.1 Å². The van der Waals surface area contributed by atoms with Gasteiger partial charge in [0.1, 0.15) is 22.0 Å². The van der Waals surface area contributed by atoms with E-state index in [0.717, 1.165) is 6.07 Å². The summed E-state index contributed by atoms with van der Waals surface area (Å²) < 4.78 is 38.2. The average Bonchev–Trinajstić information content (AvgIpc) is 2.84. The Hall–Kier alpha value is -3.99. The van der Waals surface area contributed by atoms with Crippen LogP contribution in [0.25, 0.3) is 10.8 Å². The highest BCUT2D eigenvalue weighted by Gasteiger charge is 2.21. The fourth-order valence-electron chi connectivity index (χ4n) is 3.69. The van der Waals surface area contributed by atoms with Crippen molar-refractivity contribution in [3.8, 4) is 11.5 Å². The third-order valence-electron chi connectivity index (χ3n) is 5.45. The maximum atomic E-state index is 13.1. The molecule has 11 heteroatoms. The lowest BCUT2D eigenvalue weighted by Gasteiger charge is -2.12. The molecule has 0 aromatic heterocycles. The first-order valence-electron chi connectivity index (χ1n) is 11.1. The molecule has 0 heterocycles. The molecule has 37 heavy (non-hydrogen) atoms. The van der Waals surface area contributed by atoms with Gasteiger partial charge < -0.3 is 15.2 Å². The van der Waals surface area contributed by atoms with E-state index >= 15 is 0 Å². The first-order valence-corrected chi connectivity index (χ1v) is 12.9. The van der Waals surface area contributed by atoms with Gasteiger partial charge in [0, 0.05) is 17.1 Å². The molecule has 0 aliphatic heterocycles. The van der Waals surface area contributed by atoms with E-state index in [2.05, 4.69) is 15.5 Å². The molecule has 9 nitrogen and oxygen atoms in total. The van der Waals surface area contributed by atoms with Crippen molar-refractivity contribution in [2.75, 3.05) is 11.9 Å². The third kappa shape index (κ3) is 5.56. The average molecular weight is 540 g/mol. The number of phenolic OH excluding ortho intramolecular Hbond substituents is 1. The van der Waals surface area contributed by atoms with Crippen LogP contribution < -0.4 is 10.1 Å². The summed E-state index contributed by atoms with van der Waals surface area (Å²) in [6, 6.07) is 17.9. The Kier molecular flexibility index (Phi) is 7.44. The molecular weight excluding hydrogens is 518 g/mol. The molecule has 0 radical (unpaired) electrons. The van der Waals surface area contributed by atoms with Crippen molar-refractivity contribution >= 4 is 55.5 Å². The zero-order chi connectivity index (χ0) is 26.7. The Balaban J connectivity index is 1.80. The van der Waals surface area contributed by atoms with Crippen LogP contribution in [0, 0.1) is 6.92 Å². The number of nitrogens with one attached hydrogen (secondary N) is 1. The van der Waals surface area contributed by atoms with Crippen LogP contribution in [0.3, 0.4) is 0 Å². The molecule has 0 saturated carbocycles. The maximum Gasteiger partial charge on any atom is 0.296 e. The Labute approximate surface area is 218 Å². The smallest absolute Gasteiger partial charge is 0.296 e. The first kappa shape index (κ1) is 26.1. The summed E-state index contributed by atoms with van der Waals surface area (Å²) in [6.45, 7) is 3.95. The number of amides is 1. The number of hydrogen-bond acceptors (Lipinski definition) is 7. The molecule has 0 atom stereocenters. The molecule has 0 unspecified atom stereocenters. The normalized spacial score (nSPS) is 11.7. The number of hydrogen-bond donors (Lipinski definition) is 3. The molecule has 1 amide bonds. The second-order valence-corrected chi connectivity index (χ2v) is 9.74. The highest BCUT2D eigenvalue weighted by atomic mass is 35.5. The van der Waals surface area contributed by atoms with Crippen molar-refractivity contribution in [3.05, 3.63) is 82.9 Å². The minimum Gasteiger partial charge on any atom is -0.505 e. The highest BCUT2D eigenvalue weighted by molar-refractivity contribution is 7.86. The first-order chi connectivity index (χ1) is 17.6.